The maximum absolute atomic E-state index is 4.71. The molecular formula is C17H15N5S. The minimum absolute atomic E-state index is 0.696. The normalized spacial score (nSPS) is 11.0. The molecular weight excluding hydrogens is 306 g/mol. The van der Waals surface area contributed by atoms with Crippen molar-refractivity contribution >= 4 is 27.9 Å². The van der Waals surface area contributed by atoms with Crippen LogP contribution < -0.4 is 5.32 Å². The predicted octanol–water partition coefficient (Wildman–Crippen LogP) is 4.21. The number of thiazole rings is 1. The van der Waals surface area contributed by atoms with Gasteiger partial charge in [-0.05, 0) is 37.6 Å². The number of benzene rings is 1. The van der Waals surface area contributed by atoms with E-state index in [1.807, 2.05) is 41.1 Å². The van der Waals surface area contributed by atoms with Gasteiger partial charge in [-0.15, -0.1) is 11.3 Å². The molecule has 1 aromatic carbocycles. The van der Waals surface area contributed by atoms with E-state index in [9.17, 15) is 0 Å². The fourth-order valence-corrected chi connectivity index (χ4v) is 3.31. The highest BCUT2D eigenvalue weighted by Crippen LogP contribution is 2.29. The van der Waals surface area contributed by atoms with Gasteiger partial charge in [0, 0.05) is 23.5 Å². The van der Waals surface area contributed by atoms with Crippen molar-refractivity contribution in [2.45, 2.75) is 13.8 Å². The van der Waals surface area contributed by atoms with Crippen LogP contribution in [0, 0.1) is 13.8 Å². The second-order valence-corrected chi connectivity index (χ2v) is 6.23. The van der Waals surface area contributed by atoms with Gasteiger partial charge < -0.3 is 5.32 Å². The molecule has 0 fully saturated rings. The molecule has 0 aliphatic carbocycles. The number of aryl methyl sites for hydroxylation is 2. The van der Waals surface area contributed by atoms with Crippen molar-refractivity contribution in [1.29, 1.82) is 0 Å². The lowest BCUT2D eigenvalue weighted by molar-refractivity contribution is 1.11. The van der Waals surface area contributed by atoms with Gasteiger partial charge in [0.25, 0.3) is 0 Å². The monoisotopic (exact) mass is 321 g/mol. The number of hydrogen-bond acceptors (Lipinski definition) is 5. The van der Waals surface area contributed by atoms with E-state index in [1.165, 1.54) is 5.56 Å². The molecule has 0 radical (unpaired) electrons. The maximum atomic E-state index is 4.71. The number of nitrogens with zero attached hydrogens (tertiary/aromatic N) is 4. The Bertz CT molecular complexity index is 985. The van der Waals surface area contributed by atoms with E-state index in [0.717, 1.165) is 27.9 Å². The van der Waals surface area contributed by atoms with Gasteiger partial charge in [-0.3, -0.25) is 4.40 Å². The molecule has 0 spiro atoms. The molecule has 0 bridgehead atoms. The first-order chi connectivity index (χ1) is 11.2. The van der Waals surface area contributed by atoms with Crippen LogP contribution in [-0.2, 0) is 0 Å². The van der Waals surface area contributed by atoms with E-state index in [0.29, 0.717) is 5.78 Å². The number of rotatable bonds is 3. The van der Waals surface area contributed by atoms with Crippen molar-refractivity contribution in [3.63, 3.8) is 0 Å². The van der Waals surface area contributed by atoms with Crippen LogP contribution in [0.25, 0.3) is 17.2 Å². The number of hydrogen-bond donors (Lipinski definition) is 1. The van der Waals surface area contributed by atoms with Crippen molar-refractivity contribution in [2.75, 3.05) is 5.32 Å². The van der Waals surface area contributed by atoms with Crippen LogP contribution in [0.1, 0.15) is 11.3 Å². The molecule has 0 amide bonds. The summed E-state index contributed by atoms with van der Waals surface area (Å²) in [7, 11) is 0. The third kappa shape index (κ3) is 2.57. The molecule has 0 aliphatic heterocycles. The molecule has 1 N–H and O–H groups in total. The Morgan fingerprint density at radius 1 is 1.13 bits per heavy atom. The first-order valence-electron chi connectivity index (χ1n) is 7.30. The topological polar surface area (TPSA) is 55.1 Å². The van der Waals surface area contributed by atoms with E-state index >= 15 is 0 Å². The van der Waals surface area contributed by atoms with Crippen LogP contribution >= 0.6 is 11.3 Å². The van der Waals surface area contributed by atoms with E-state index in [2.05, 4.69) is 34.3 Å². The van der Waals surface area contributed by atoms with Crippen LogP contribution in [0.4, 0.5) is 10.8 Å². The second-order valence-electron chi connectivity index (χ2n) is 5.37. The lowest BCUT2D eigenvalue weighted by Crippen LogP contribution is -1.92. The van der Waals surface area contributed by atoms with E-state index in [4.69, 9.17) is 4.98 Å². The zero-order chi connectivity index (χ0) is 15.8. The zero-order valence-corrected chi connectivity index (χ0v) is 13.6. The molecule has 5 nitrogen and oxygen atoms in total. The number of imidazole rings is 1. The third-order valence-corrected chi connectivity index (χ3v) is 4.35. The molecule has 6 heteroatoms. The van der Waals surface area contributed by atoms with Gasteiger partial charge in [-0.1, -0.05) is 12.1 Å². The van der Waals surface area contributed by atoms with E-state index < -0.39 is 0 Å². The predicted molar refractivity (Wildman–Crippen MR) is 93.3 cm³/mol. The van der Waals surface area contributed by atoms with Gasteiger partial charge in [0.15, 0.2) is 5.13 Å². The number of anilines is 2. The summed E-state index contributed by atoms with van der Waals surface area (Å²) in [6.45, 7) is 4.06. The highest BCUT2D eigenvalue weighted by atomic mass is 32.1. The molecule has 0 atom stereocenters. The van der Waals surface area contributed by atoms with Crippen LogP contribution in [0.15, 0.2) is 48.1 Å². The van der Waals surface area contributed by atoms with Crippen molar-refractivity contribution in [1.82, 2.24) is 19.4 Å². The van der Waals surface area contributed by atoms with Gasteiger partial charge in [-0.25, -0.2) is 15.0 Å². The molecule has 4 rings (SSSR count). The Balaban J connectivity index is 1.71. The summed E-state index contributed by atoms with van der Waals surface area (Å²) in [5, 5.41) is 6.26. The summed E-state index contributed by atoms with van der Waals surface area (Å²) >= 11 is 1.58. The Morgan fingerprint density at radius 2 is 2.04 bits per heavy atom. The number of aromatic nitrogens is 4. The number of fused-ring (bicyclic) bond motifs is 1. The quantitative estimate of drug-likeness (QED) is 0.614. The number of nitrogens with one attached hydrogen (secondary N) is 1. The summed E-state index contributed by atoms with van der Waals surface area (Å²) in [6.07, 6.45) is 3.71. The SMILES string of the molecule is Cc1cccc(Nc2nc(-c3c(C)nc4ncccn34)cs2)c1. The van der Waals surface area contributed by atoms with Crippen molar-refractivity contribution in [2.24, 2.45) is 0 Å². The fourth-order valence-electron chi connectivity index (χ4n) is 2.59. The summed E-state index contributed by atoms with van der Waals surface area (Å²) in [6, 6.07) is 10.2. The average molecular weight is 321 g/mol. The molecule has 0 unspecified atom stereocenters. The second kappa shape index (κ2) is 5.48. The molecule has 23 heavy (non-hydrogen) atoms. The summed E-state index contributed by atoms with van der Waals surface area (Å²) in [5.74, 6) is 0.696. The van der Waals surface area contributed by atoms with Gasteiger partial charge in [-0.2, -0.15) is 0 Å². The smallest absolute Gasteiger partial charge is 0.234 e. The first-order valence-corrected chi connectivity index (χ1v) is 8.18. The Hall–Kier alpha value is -2.73. The summed E-state index contributed by atoms with van der Waals surface area (Å²) < 4.78 is 1.97. The minimum atomic E-state index is 0.696. The first kappa shape index (κ1) is 13.9. The zero-order valence-electron chi connectivity index (χ0n) is 12.8. The highest BCUT2D eigenvalue weighted by Gasteiger charge is 2.14. The maximum Gasteiger partial charge on any atom is 0.234 e. The lowest BCUT2D eigenvalue weighted by Gasteiger charge is -2.03. The van der Waals surface area contributed by atoms with Gasteiger partial charge in [0.05, 0.1) is 11.4 Å². The molecule has 0 aliphatic rings. The molecule has 3 aromatic heterocycles. The van der Waals surface area contributed by atoms with E-state index in [1.54, 1.807) is 17.5 Å². The van der Waals surface area contributed by atoms with E-state index in [-0.39, 0.29) is 0 Å². The third-order valence-electron chi connectivity index (χ3n) is 3.59. The van der Waals surface area contributed by atoms with Crippen LogP contribution in [0.2, 0.25) is 0 Å². The fraction of sp³-hybridized carbons (Fsp3) is 0.118. The average Bonchev–Trinajstić information content (AvgIpc) is 3.10. The standard InChI is InChI=1S/C17H15N5S/c1-11-5-3-6-13(9-11)20-17-21-14(10-23-17)15-12(2)19-16-18-7-4-8-22(15)16/h3-10H,1-2H3,(H,20,21). The van der Waals surface area contributed by atoms with Crippen LogP contribution in [-0.4, -0.2) is 19.4 Å². The Labute approximate surface area is 137 Å². The van der Waals surface area contributed by atoms with Crippen molar-refractivity contribution < 1.29 is 0 Å². The minimum Gasteiger partial charge on any atom is -0.332 e. The largest absolute Gasteiger partial charge is 0.332 e. The highest BCUT2D eigenvalue weighted by molar-refractivity contribution is 7.14. The van der Waals surface area contributed by atoms with Crippen LogP contribution in [0.5, 0.6) is 0 Å². The molecule has 0 saturated carbocycles. The molecule has 0 saturated heterocycles. The lowest BCUT2D eigenvalue weighted by atomic mass is 10.2. The molecule has 4 aromatic rings. The van der Waals surface area contributed by atoms with Gasteiger partial charge in [0.2, 0.25) is 5.78 Å². The van der Waals surface area contributed by atoms with Crippen molar-refractivity contribution in [3.8, 4) is 11.4 Å². The van der Waals surface area contributed by atoms with Crippen LogP contribution in [0.3, 0.4) is 0 Å². The van der Waals surface area contributed by atoms with Crippen molar-refractivity contribution in [3.05, 3.63) is 59.4 Å². The Kier molecular flexibility index (Phi) is 3.31. The Morgan fingerprint density at radius 3 is 2.91 bits per heavy atom. The van der Waals surface area contributed by atoms with Gasteiger partial charge >= 0.3 is 0 Å². The molecule has 3 heterocycles. The summed E-state index contributed by atoms with van der Waals surface area (Å²) in [4.78, 5) is 13.5. The molecule has 114 valence electrons. The summed E-state index contributed by atoms with van der Waals surface area (Å²) in [5.41, 5.74) is 5.08. The van der Waals surface area contributed by atoms with Gasteiger partial charge in [0.1, 0.15) is 5.69 Å².